The Bertz CT molecular complexity index is 1390. The smallest absolute Gasteiger partial charge is 0.407 e. The summed E-state index contributed by atoms with van der Waals surface area (Å²) in [5.41, 5.74) is 5.16. The molecule has 2 saturated heterocycles. The zero-order chi connectivity index (χ0) is 32.8. The molecule has 0 bridgehead atoms. The second-order valence-corrected chi connectivity index (χ2v) is 14.1. The highest BCUT2D eigenvalue weighted by Crippen LogP contribution is 2.36. The number of nitrogens with two attached hydrogens (primary N) is 1. The Morgan fingerprint density at radius 2 is 1.80 bits per heavy atom. The van der Waals surface area contributed by atoms with Gasteiger partial charge in [0.2, 0.25) is 10.0 Å². The van der Waals surface area contributed by atoms with Crippen LogP contribution in [0.25, 0.3) is 0 Å². The van der Waals surface area contributed by atoms with E-state index in [2.05, 4.69) is 0 Å². The number of primary amides is 1. The number of carbonyl (C=O) groups is 2. The molecule has 2 fully saturated rings. The predicted octanol–water partition coefficient (Wildman–Crippen LogP) is 2.91. The van der Waals surface area contributed by atoms with Gasteiger partial charge in [-0.2, -0.15) is 4.31 Å². The second kappa shape index (κ2) is 14.8. The van der Waals surface area contributed by atoms with E-state index in [1.54, 1.807) is 13.8 Å². The van der Waals surface area contributed by atoms with Crippen LogP contribution in [0.5, 0.6) is 5.75 Å². The van der Waals surface area contributed by atoms with Gasteiger partial charge in [0.1, 0.15) is 5.75 Å². The molecule has 4 N–H and O–H groups in total. The Hall–Kier alpha value is -3.43. The maximum Gasteiger partial charge on any atom is 0.407 e. The Labute approximate surface area is 263 Å². The highest BCUT2D eigenvalue weighted by Gasteiger charge is 2.49. The highest BCUT2D eigenvalue weighted by molar-refractivity contribution is 7.89. The average Bonchev–Trinajstić information content (AvgIpc) is 3.61. The van der Waals surface area contributed by atoms with Gasteiger partial charge in [-0.05, 0) is 54.5 Å². The number of aliphatic hydroxyl groups excluding tert-OH is 1. The van der Waals surface area contributed by atoms with E-state index in [9.17, 15) is 28.2 Å². The summed E-state index contributed by atoms with van der Waals surface area (Å²) in [7, 11) is -2.74. The summed E-state index contributed by atoms with van der Waals surface area (Å²) < 4.78 is 50.9. The third-order valence-electron chi connectivity index (χ3n) is 8.39. The number of hydrogen-bond acceptors (Lipinski definition) is 9. The molecule has 14 heteroatoms. The van der Waals surface area contributed by atoms with E-state index in [1.807, 2.05) is 30.3 Å². The van der Waals surface area contributed by atoms with Crippen molar-refractivity contribution in [3.63, 3.8) is 0 Å². The number of nitrogens with zero attached hydrogens (tertiary/aromatic N) is 2. The molecule has 0 saturated carbocycles. The van der Waals surface area contributed by atoms with Crippen molar-refractivity contribution in [2.45, 2.75) is 62.5 Å². The fraction of sp³-hybridized carbons (Fsp3) is 0.548. The van der Waals surface area contributed by atoms with Crippen LogP contribution in [0, 0.1) is 11.3 Å². The zero-order valence-electron chi connectivity index (χ0n) is 25.8. The fourth-order valence-corrected chi connectivity index (χ4v) is 7.64. The third kappa shape index (κ3) is 8.64. The normalized spacial score (nSPS) is 21.2. The first kappa shape index (κ1) is 34.4. The lowest BCUT2D eigenvalue weighted by molar-refractivity contribution is -0.0906. The molecule has 45 heavy (non-hydrogen) atoms. The van der Waals surface area contributed by atoms with Crippen molar-refractivity contribution in [2.24, 2.45) is 17.1 Å². The minimum atomic E-state index is -4.21. The number of rotatable bonds is 15. The summed E-state index contributed by atoms with van der Waals surface area (Å²) in [6.07, 6.45) is -3.13. The van der Waals surface area contributed by atoms with E-state index in [4.69, 9.17) is 24.7 Å². The Morgan fingerprint density at radius 1 is 1.11 bits per heavy atom. The van der Waals surface area contributed by atoms with E-state index in [0.717, 1.165) is 9.87 Å². The Kier molecular flexibility index (Phi) is 11.3. The number of ether oxygens (including phenoxy) is 4. The molecule has 2 aromatic carbocycles. The van der Waals surface area contributed by atoms with Gasteiger partial charge in [-0.3, -0.25) is 4.90 Å². The molecule has 0 aromatic heterocycles. The van der Waals surface area contributed by atoms with Crippen LogP contribution in [0.1, 0.15) is 32.3 Å². The van der Waals surface area contributed by atoms with Gasteiger partial charge in [-0.15, -0.1) is 0 Å². The van der Waals surface area contributed by atoms with E-state index < -0.39 is 58.6 Å². The Morgan fingerprint density at radius 3 is 2.42 bits per heavy atom. The molecular formula is C31H43N3O10S. The van der Waals surface area contributed by atoms with Crippen LogP contribution < -0.4 is 10.5 Å². The van der Waals surface area contributed by atoms with Crippen molar-refractivity contribution >= 4 is 22.2 Å². The summed E-state index contributed by atoms with van der Waals surface area (Å²) in [5, 5.41) is 22.4. The number of aliphatic hydroxyl groups is 1. The van der Waals surface area contributed by atoms with E-state index in [1.165, 1.54) is 36.3 Å². The van der Waals surface area contributed by atoms with Crippen LogP contribution in [0.2, 0.25) is 0 Å². The molecule has 2 aliphatic rings. The molecule has 2 amide bonds. The van der Waals surface area contributed by atoms with E-state index in [-0.39, 0.29) is 43.4 Å². The molecule has 0 spiro atoms. The first-order chi connectivity index (χ1) is 21.3. The summed E-state index contributed by atoms with van der Waals surface area (Å²) in [5.74, 6) is 0.257. The van der Waals surface area contributed by atoms with Gasteiger partial charge in [0.15, 0.2) is 6.29 Å². The molecule has 2 aliphatic heterocycles. The molecule has 0 radical (unpaired) electrons. The zero-order valence-corrected chi connectivity index (χ0v) is 26.6. The van der Waals surface area contributed by atoms with Gasteiger partial charge in [0.25, 0.3) is 0 Å². The summed E-state index contributed by atoms with van der Waals surface area (Å²) >= 11 is 0. The number of hydrogen-bond donors (Lipinski definition) is 3. The number of methoxy groups -OCH3 is 1. The summed E-state index contributed by atoms with van der Waals surface area (Å²) in [6, 6.07) is 13.4. The minimum Gasteiger partial charge on any atom is -0.497 e. The second-order valence-electron chi connectivity index (χ2n) is 12.2. The average molecular weight is 650 g/mol. The van der Waals surface area contributed by atoms with Gasteiger partial charge in [0, 0.05) is 19.0 Å². The standard InChI is InChI=1S/C31H43N3O10S/c1-31(2,14-16-43-29(32)36)20-33(45(39,40)23-11-9-22(41-3)10-12-23)18-27(35)25(17-21-7-5-4-6-8-21)34(30(37)38)26-19-44-28-24(26)13-15-42-28/h4-12,24-28,35H,13-20H2,1-3H3,(H2,32,36)(H,37,38)/t24-,25-,26-,27+,28+/m0/s1. The highest BCUT2D eigenvalue weighted by atomic mass is 32.2. The minimum absolute atomic E-state index is 0.0236. The largest absolute Gasteiger partial charge is 0.497 e. The number of benzene rings is 2. The van der Waals surface area contributed by atoms with Gasteiger partial charge < -0.3 is 34.9 Å². The van der Waals surface area contributed by atoms with Crippen molar-refractivity contribution in [1.82, 2.24) is 9.21 Å². The van der Waals surface area contributed by atoms with Gasteiger partial charge in [0.05, 0.1) is 50.0 Å². The molecule has 0 aliphatic carbocycles. The number of carbonyl (C=O) groups excluding carboxylic acids is 1. The lowest BCUT2D eigenvalue weighted by Crippen LogP contribution is -2.58. The van der Waals surface area contributed by atoms with Crippen molar-refractivity contribution in [3.8, 4) is 5.75 Å². The monoisotopic (exact) mass is 649 g/mol. The van der Waals surface area contributed by atoms with Crippen LogP contribution >= 0.6 is 0 Å². The molecule has 5 atom stereocenters. The van der Waals surface area contributed by atoms with E-state index >= 15 is 0 Å². The number of carboxylic acid groups (broad SMARTS) is 1. The van der Waals surface area contributed by atoms with Gasteiger partial charge in [-0.25, -0.2) is 18.0 Å². The van der Waals surface area contributed by atoms with Crippen molar-refractivity contribution in [1.29, 1.82) is 0 Å². The molecule has 0 unspecified atom stereocenters. The van der Waals surface area contributed by atoms with Crippen LogP contribution in [0.15, 0.2) is 59.5 Å². The lowest BCUT2D eigenvalue weighted by atomic mass is 9.89. The van der Waals surface area contributed by atoms with Crippen LogP contribution in [0.4, 0.5) is 9.59 Å². The third-order valence-corrected chi connectivity index (χ3v) is 10.2. The van der Waals surface area contributed by atoms with Crippen molar-refractivity contribution in [3.05, 3.63) is 60.2 Å². The molecular weight excluding hydrogens is 606 g/mol. The SMILES string of the molecule is COc1ccc(S(=O)(=O)N(C[C@@H](O)[C@H](Cc2ccccc2)N(C(=O)O)[C@H]2CO[C@H]3OCC[C@H]32)CC(C)(C)CCOC(N)=O)cc1. The van der Waals surface area contributed by atoms with Crippen LogP contribution in [0.3, 0.4) is 0 Å². The maximum absolute atomic E-state index is 14.1. The van der Waals surface area contributed by atoms with Crippen LogP contribution in [-0.2, 0) is 30.7 Å². The number of amides is 2. The summed E-state index contributed by atoms with van der Waals surface area (Å²) in [6.45, 7) is 3.64. The number of fused-ring (bicyclic) bond motifs is 1. The molecule has 2 heterocycles. The molecule has 248 valence electrons. The first-order valence-electron chi connectivity index (χ1n) is 14.9. The molecule has 13 nitrogen and oxygen atoms in total. The Balaban J connectivity index is 1.69. The molecule has 4 rings (SSSR count). The van der Waals surface area contributed by atoms with Gasteiger partial charge >= 0.3 is 12.2 Å². The van der Waals surface area contributed by atoms with Crippen molar-refractivity contribution < 1.29 is 47.2 Å². The fourth-order valence-electron chi connectivity index (χ4n) is 5.99. The maximum atomic E-state index is 14.1. The number of sulfonamides is 1. The first-order valence-corrected chi connectivity index (χ1v) is 16.3. The topological polar surface area (TPSA) is 178 Å². The van der Waals surface area contributed by atoms with E-state index in [0.29, 0.717) is 18.8 Å². The summed E-state index contributed by atoms with van der Waals surface area (Å²) in [4.78, 5) is 25.3. The molecule has 2 aromatic rings. The van der Waals surface area contributed by atoms with Crippen LogP contribution in [-0.4, -0.2) is 105 Å². The predicted molar refractivity (Wildman–Crippen MR) is 163 cm³/mol. The quantitative estimate of drug-likeness (QED) is 0.260. The van der Waals surface area contributed by atoms with Gasteiger partial charge in [-0.1, -0.05) is 44.2 Å². The lowest BCUT2D eigenvalue weighted by Gasteiger charge is -2.40. The van der Waals surface area contributed by atoms with Crippen molar-refractivity contribution in [2.75, 3.05) is 40.0 Å².